The molecular weight excluding hydrogens is 398 g/mol. The van der Waals surface area contributed by atoms with Gasteiger partial charge in [-0.25, -0.2) is 0 Å². The van der Waals surface area contributed by atoms with Crippen molar-refractivity contribution in [1.29, 1.82) is 0 Å². The van der Waals surface area contributed by atoms with Crippen LogP contribution in [0.15, 0.2) is 48.7 Å². The predicted molar refractivity (Wildman–Crippen MR) is 119 cm³/mol. The molecule has 2 aromatic carbocycles. The van der Waals surface area contributed by atoms with Crippen LogP contribution in [0.1, 0.15) is 34.3 Å². The summed E-state index contributed by atoms with van der Waals surface area (Å²) in [5, 5.41) is 4.81. The number of halogens is 1. The molecule has 1 saturated heterocycles. The lowest BCUT2D eigenvalue weighted by atomic mass is 9.83. The molecule has 2 aliphatic rings. The molecule has 0 radical (unpaired) electrons. The van der Waals surface area contributed by atoms with E-state index < -0.39 is 0 Å². The average Bonchev–Trinajstić information content (AvgIpc) is 3.31. The number of carbonyl (C=O) groups is 1. The van der Waals surface area contributed by atoms with Gasteiger partial charge in [-0.05, 0) is 43.1 Å². The summed E-state index contributed by atoms with van der Waals surface area (Å²) in [5.41, 5.74) is 4.10. The first-order valence-electron chi connectivity index (χ1n) is 10.6. The zero-order valence-corrected chi connectivity index (χ0v) is 17.9. The van der Waals surface area contributed by atoms with Crippen LogP contribution < -0.4 is 5.32 Å². The van der Waals surface area contributed by atoms with Gasteiger partial charge in [0.1, 0.15) is 0 Å². The number of piperidine rings is 1. The molecule has 1 spiro atoms. The topological polar surface area (TPSA) is 46.5 Å². The van der Waals surface area contributed by atoms with Crippen LogP contribution in [0.5, 0.6) is 0 Å². The van der Waals surface area contributed by atoms with Crippen LogP contribution in [0.3, 0.4) is 0 Å². The lowest BCUT2D eigenvalue weighted by Crippen LogP contribution is -2.45. The third-order valence-corrected chi connectivity index (χ3v) is 6.78. The Kier molecular flexibility index (Phi) is 5.05. The molecule has 3 aromatic rings. The number of nitrogens with zero attached hydrogens (tertiary/aromatic N) is 2. The van der Waals surface area contributed by atoms with Gasteiger partial charge >= 0.3 is 0 Å². The summed E-state index contributed by atoms with van der Waals surface area (Å²) in [5.74, 6) is 0.0895. The summed E-state index contributed by atoms with van der Waals surface area (Å²) in [6, 6.07) is 14.2. The van der Waals surface area contributed by atoms with Crippen LogP contribution in [-0.2, 0) is 23.5 Å². The molecule has 5 rings (SSSR count). The number of amides is 1. The minimum atomic E-state index is -0.234. The van der Waals surface area contributed by atoms with Crippen molar-refractivity contribution in [3.63, 3.8) is 0 Å². The molecule has 0 atom stereocenters. The number of aromatic nitrogens is 1. The van der Waals surface area contributed by atoms with Gasteiger partial charge in [0.05, 0.1) is 23.3 Å². The third-order valence-electron chi connectivity index (χ3n) is 6.55. The maximum absolute atomic E-state index is 13.5. The smallest absolute Gasteiger partial charge is 0.256 e. The standard InChI is InChI=1S/C24H26ClN3O2/c1-26-10-13-28-15-20(19-7-6-18(25)14-22(19)28)23(29)27-11-8-24(9-12-27)21-5-3-2-4-17(21)16-30-24/h2-7,14-15,26H,8-13,16H2,1H3. The third kappa shape index (κ3) is 3.22. The van der Waals surface area contributed by atoms with Gasteiger partial charge in [-0.3, -0.25) is 4.79 Å². The van der Waals surface area contributed by atoms with Gasteiger partial charge in [0.25, 0.3) is 5.91 Å². The molecule has 1 amide bonds. The molecule has 1 aromatic heterocycles. The first-order valence-corrected chi connectivity index (χ1v) is 10.9. The van der Waals surface area contributed by atoms with Gasteiger partial charge in [-0.15, -0.1) is 0 Å². The van der Waals surface area contributed by atoms with Gasteiger partial charge in [0.2, 0.25) is 0 Å². The molecule has 0 unspecified atom stereocenters. The molecular formula is C24H26ClN3O2. The molecule has 0 bridgehead atoms. The van der Waals surface area contributed by atoms with E-state index in [-0.39, 0.29) is 11.5 Å². The van der Waals surface area contributed by atoms with E-state index in [1.807, 2.05) is 36.3 Å². The Morgan fingerprint density at radius 2 is 2.00 bits per heavy atom. The number of carbonyl (C=O) groups excluding carboxylic acids is 1. The van der Waals surface area contributed by atoms with Crippen LogP contribution >= 0.6 is 11.6 Å². The summed E-state index contributed by atoms with van der Waals surface area (Å²) >= 11 is 6.23. The Morgan fingerprint density at radius 1 is 1.20 bits per heavy atom. The zero-order chi connectivity index (χ0) is 20.7. The van der Waals surface area contributed by atoms with E-state index in [0.717, 1.165) is 42.4 Å². The van der Waals surface area contributed by atoms with Crippen molar-refractivity contribution < 1.29 is 9.53 Å². The van der Waals surface area contributed by atoms with E-state index >= 15 is 0 Å². The van der Waals surface area contributed by atoms with Crippen LogP contribution in [0.2, 0.25) is 5.02 Å². The highest BCUT2D eigenvalue weighted by molar-refractivity contribution is 6.31. The van der Waals surface area contributed by atoms with E-state index in [9.17, 15) is 4.79 Å². The summed E-state index contributed by atoms with van der Waals surface area (Å²) in [6.45, 7) is 3.68. The molecule has 5 nitrogen and oxygen atoms in total. The minimum absolute atomic E-state index is 0.0895. The highest BCUT2D eigenvalue weighted by atomic mass is 35.5. The quantitative estimate of drug-likeness (QED) is 0.684. The van der Waals surface area contributed by atoms with Crippen molar-refractivity contribution >= 4 is 28.4 Å². The van der Waals surface area contributed by atoms with Gasteiger partial charge in [-0.1, -0.05) is 41.9 Å². The molecule has 1 N–H and O–H groups in total. The number of likely N-dealkylation sites (tertiary alicyclic amines) is 1. The monoisotopic (exact) mass is 423 g/mol. The zero-order valence-electron chi connectivity index (χ0n) is 17.2. The number of nitrogens with one attached hydrogen (secondary N) is 1. The van der Waals surface area contributed by atoms with E-state index in [1.54, 1.807) is 0 Å². The number of ether oxygens (including phenoxy) is 1. The first-order chi connectivity index (χ1) is 14.6. The number of hydrogen-bond acceptors (Lipinski definition) is 3. The summed E-state index contributed by atoms with van der Waals surface area (Å²) in [7, 11) is 1.93. The molecule has 2 aliphatic heterocycles. The fourth-order valence-electron chi connectivity index (χ4n) is 4.89. The van der Waals surface area contributed by atoms with Crippen molar-refractivity contribution in [3.05, 3.63) is 70.4 Å². The van der Waals surface area contributed by atoms with Crippen LogP contribution in [0.25, 0.3) is 10.9 Å². The maximum Gasteiger partial charge on any atom is 0.256 e. The number of benzene rings is 2. The second kappa shape index (κ2) is 7.73. The molecule has 1 fully saturated rings. The van der Waals surface area contributed by atoms with Crippen molar-refractivity contribution in [2.24, 2.45) is 0 Å². The number of hydrogen-bond donors (Lipinski definition) is 1. The molecule has 30 heavy (non-hydrogen) atoms. The number of rotatable bonds is 4. The largest absolute Gasteiger partial charge is 0.365 e. The van der Waals surface area contributed by atoms with Gasteiger partial charge in [0, 0.05) is 42.8 Å². The van der Waals surface area contributed by atoms with E-state index in [0.29, 0.717) is 24.7 Å². The predicted octanol–water partition coefficient (Wildman–Crippen LogP) is 4.18. The Bertz CT molecular complexity index is 1100. The Hall–Kier alpha value is -2.34. The molecule has 156 valence electrons. The van der Waals surface area contributed by atoms with Gasteiger partial charge in [-0.2, -0.15) is 0 Å². The van der Waals surface area contributed by atoms with Crippen molar-refractivity contribution in [1.82, 2.24) is 14.8 Å². The fourth-order valence-corrected chi connectivity index (χ4v) is 5.06. The molecule has 6 heteroatoms. The van der Waals surface area contributed by atoms with E-state index in [4.69, 9.17) is 16.3 Å². The van der Waals surface area contributed by atoms with Crippen LogP contribution in [-0.4, -0.2) is 42.1 Å². The molecule has 0 saturated carbocycles. The maximum atomic E-state index is 13.5. The Balaban J connectivity index is 1.39. The van der Waals surface area contributed by atoms with E-state index in [2.05, 4.69) is 34.1 Å². The fraction of sp³-hybridized carbons (Fsp3) is 0.375. The van der Waals surface area contributed by atoms with Crippen LogP contribution in [0, 0.1) is 0 Å². The number of likely N-dealkylation sites (N-methyl/N-ethyl adjacent to an activating group) is 1. The second-order valence-corrected chi connectivity index (χ2v) is 8.67. The molecule has 3 heterocycles. The summed E-state index contributed by atoms with van der Waals surface area (Å²) < 4.78 is 8.37. The van der Waals surface area contributed by atoms with Crippen molar-refractivity contribution in [2.75, 3.05) is 26.7 Å². The molecule has 0 aliphatic carbocycles. The highest BCUT2D eigenvalue weighted by Gasteiger charge is 2.43. The van der Waals surface area contributed by atoms with E-state index in [1.165, 1.54) is 11.1 Å². The normalized spacial score (nSPS) is 17.6. The first kappa shape index (κ1) is 19.6. The van der Waals surface area contributed by atoms with Gasteiger partial charge < -0.3 is 19.5 Å². The van der Waals surface area contributed by atoms with Crippen LogP contribution in [0.4, 0.5) is 0 Å². The highest BCUT2D eigenvalue weighted by Crippen LogP contribution is 2.44. The second-order valence-electron chi connectivity index (χ2n) is 8.23. The van der Waals surface area contributed by atoms with Crippen molar-refractivity contribution in [3.8, 4) is 0 Å². The van der Waals surface area contributed by atoms with Gasteiger partial charge in [0.15, 0.2) is 0 Å². The summed E-state index contributed by atoms with van der Waals surface area (Å²) in [4.78, 5) is 15.4. The van der Waals surface area contributed by atoms with Crippen molar-refractivity contribution in [2.45, 2.75) is 31.6 Å². The Labute approximate surface area is 181 Å². The number of fused-ring (bicyclic) bond motifs is 3. The minimum Gasteiger partial charge on any atom is -0.365 e. The SMILES string of the molecule is CNCCn1cc(C(=O)N2CCC3(CC2)OCc2ccccc23)c2ccc(Cl)cc21. The lowest BCUT2D eigenvalue weighted by molar-refractivity contribution is -0.0741. The Morgan fingerprint density at radius 3 is 2.80 bits per heavy atom. The lowest BCUT2D eigenvalue weighted by Gasteiger charge is -2.39. The average molecular weight is 424 g/mol. The summed E-state index contributed by atoms with van der Waals surface area (Å²) in [6.07, 6.45) is 3.65.